The summed E-state index contributed by atoms with van der Waals surface area (Å²) >= 11 is 0. The van der Waals surface area contributed by atoms with E-state index in [1.54, 1.807) is 0 Å². The van der Waals surface area contributed by atoms with Crippen molar-refractivity contribution in [1.29, 1.82) is 0 Å². The topological polar surface area (TPSA) is 52.6 Å². The van der Waals surface area contributed by atoms with Crippen molar-refractivity contribution in [2.75, 3.05) is 6.54 Å². The van der Waals surface area contributed by atoms with Crippen LogP contribution in [0.2, 0.25) is 0 Å². The molecule has 1 aliphatic heterocycles. The van der Waals surface area contributed by atoms with Gasteiger partial charge in [0.05, 0.1) is 23.7 Å². The van der Waals surface area contributed by atoms with Crippen molar-refractivity contribution < 1.29 is 9.90 Å². The van der Waals surface area contributed by atoms with Crippen LogP contribution < -0.4 is 5.32 Å². The number of nitrogens with one attached hydrogen (secondary N) is 1. The van der Waals surface area contributed by atoms with Gasteiger partial charge in [-0.2, -0.15) is 0 Å². The summed E-state index contributed by atoms with van der Waals surface area (Å²) in [6.45, 7) is 2.81. The van der Waals surface area contributed by atoms with E-state index < -0.39 is 5.60 Å². The van der Waals surface area contributed by atoms with Gasteiger partial charge in [0, 0.05) is 0 Å². The lowest BCUT2D eigenvalue weighted by Crippen LogP contribution is -2.66. The highest BCUT2D eigenvalue weighted by Crippen LogP contribution is 2.57. The summed E-state index contributed by atoms with van der Waals surface area (Å²) in [6, 6.07) is 10.3. The van der Waals surface area contributed by atoms with Crippen molar-refractivity contribution in [3.05, 3.63) is 35.9 Å². The summed E-state index contributed by atoms with van der Waals surface area (Å²) in [5.41, 5.74) is 0.180. The molecule has 0 radical (unpaired) electrons. The van der Waals surface area contributed by atoms with E-state index in [9.17, 15) is 9.90 Å². The molecule has 0 aromatic heterocycles. The number of nitrogens with zero attached hydrogens (tertiary/aromatic N) is 1. The first kappa shape index (κ1) is 15.7. The van der Waals surface area contributed by atoms with E-state index in [1.165, 1.54) is 24.8 Å². The van der Waals surface area contributed by atoms with Crippen molar-refractivity contribution >= 4 is 6.03 Å². The number of carbonyl (C=O) groups is 1. The normalized spacial score (nSPS) is 45.0. The maximum Gasteiger partial charge on any atom is 0.318 e. The van der Waals surface area contributed by atoms with Gasteiger partial charge in [-0.3, -0.25) is 0 Å². The predicted molar refractivity (Wildman–Crippen MR) is 95.9 cm³/mol. The molecule has 6 rings (SSSR count). The summed E-state index contributed by atoms with van der Waals surface area (Å²) < 4.78 is 0. The van der Waals surface area contributed by atoms with Gasteiger partial charge in [-0.15, -0.1) is 0 Å². The fraction of sp³-hybridized carbons (Fsp3) is 0.667. The van der Waals surface area contributed by atoms with E-state index >= 15 is 0 Å². The van der Waals surface area contributed by atoms with Crippen molar-refractivity contribution in [1.82, 2.24) is 10.2 Å². The van der Waals surface area contributed by atoms with Gasteiger partial charge in [0.15, 0.2) is 0 Å². The molecule has 134 valence electrons. The van der Waals surface area contributed by atoms with Crippen molar-refractivity contribution in [2.45, 2.75) is 62.6 Å². The minimum atomic E-state index is -0.660. The molecule has 5 fully saturated rings. The van der Waals surface area contributed by atoms with E-state index in [4.69, 9.17) is 0 Å². The lowest BCUT2D eigenvalue weighted by molar-refractivity contribution is -0.171. The van der Waals surface area contributed by atoms with Crippen LogP contribution in [0.3, 0.4) is 0 Å². The molecule has 1 aromatic carbocycles. The standard InChI is InChI=1S/C21H28N2O2/c1-2-20(17-6-4-3-5-7-17)13-23(19(24)22-20)18-16-9-14-8-15(10-16)12-21(18,25)11-14/h3-7,14-16,18,25H,2,8-13H2,1H3,(H,22,24). The fourth-order valence-electron chi connectivity index (χ4n) is 6.74. The molecule has 4 aliphatic carbocycles. The van der Waals surface area contributed by atoms with Crippen LogP contribution in [0.15, 0.2) is 30.3 Å². The van der Waals surface area contributed by atoms with Gasteiger partial charge in [-0.05, 0) is 61.8 Å². The molecule has 4 atom stereocenters. The monoisotopic (exact) mass is 340 g/mol. The first-order valence-corrected chi connectivity index (χ1v) is 9.90. The number of urea groups is 1. The van der Waals surface area contributed by atoms with E-state index in [-0.39, 0.29) is 17.6 Å². The molecule has 25 heavy (non-hydrogen) atoms. The molecule has 1 heterocycles. The van der Waals surface area contributed by atoms with E-state index in [0.717, 1.165) is 19.3 Å². The van der Waals surface area contributed by atoms with Crippen LogP contribution in [0.5, 0.6) is 0 Å². The second-order valence-corrected chi connectivity index (χ2v) is 9.02. The molecule has 2 amide bonds. The molecule has 4 nitrogen and oxygen atoms in total. The average Bonchev–Trinajstić information content (AvgIpc) is 2.92. The van der Waals surface area contributed by atoms with Gasteiger partial charge in [-0.25, -0.2) is 4.79 Å². The summed E-state index contributed by atoms with van der Waals surface area (Å²) in [6.07, 6.45) is 6.31. The van der Waals surface area contributed by atoms with Crippen LogP contribution in [0.4, 0.5) is 4.79 Å². The minimum Gasteiger partial charge on any atom is -0.388 e. The highest BCUT2D eigenvalue weighted by molar-refractivity contribution is 5.79. The molecule has 0 spiro atoms. The van der Waals surface area contributed by atoms with Gasteiger partial charge in [0.25, 0.3) is 0 Å². The highest BCUT2D eigenvalue weighted by Gasteiger charge is 2.61. The first-order valence-electron chi connectivity index (χ1n) is 9.90. The highest BCUT2D eigenvalue weighted by atomic mass is 16.3. The average molecular weight is 340 g/mol. The van der Waals surface area contributed by atoms with E-state index in [0.29, 0.717) is 24.3 Å². The van der Waals surface area contributed by atoms with Gasteiger partial charge in [0.2, 0.25) is 0 Å². The fourth-order valence-corrected chi connectivity index (χ4v) is 6.74. The second-order valence-electron chi connectivity index (χ2n) is 9.02. The summed E-state index contributed by atoms with van der Waals surface area (Å²) in [4.78, 5) is 15.0. The van der Waals surface area contributed by atoms with Crippen LogP contribution in [0.1, 0.15) is 51.0 Å². The Morgan fingerprint density at radius 1 is 1.16 bits per heavy atom. The third-order valence-electron chi connectivity index (χ3n) is 7.53. The quantitative estimate of drug-likeness (QED) is 0.887. The molecule has 5 aliphatic rings. The predicted octanol–water partition coefficient (Wildman–Crippen LogP) is 3.26. The number of carbonyl (C=O) groups excluding carboxylic acids is 1. The number of hydrogen-bond donors (Lipinski definition) is 2. The largest absolute Gasteiger partial charge is 0.388 e. The van der Waals surface area contributed by atoms with Crippen LogP contribution in [0.25, 0.3) is 0 Å². The van der Waals surface area contributed by atoms with Gasteiger partial charge >= 0.3 is 6.03 Å². The Morgan fingerprint density at radius 3 is 2.44 bits per heavy atom. The molecule has 4 bridgehead atoms. The SMILES string of the molecule is CCC1(c2ccccc2)CN(C2C3CC4CC(C3)CC2(O)C4)C(=O)N1. The second kappa shape index (κ2) is 5.23. The number of hydrogen-bond acceptors (Lipinski definition) is 2. The van der Waals surface area contributed by atoms with E-state index in [1.807, 2.05) is 23.1 Å². The Kier molecular flexibility index (Phi) is 3.28. The summed E-state index contributed by atoms with van der Waals surface area (Å²) in [5, 5.41) is 14.7. The van der Waals surface area contributed by atoms with Crippen LogP contribution in [-0.2, 0) is 5.54 Å². The third kappa shape index (κ3) is 2.19. The Bertz CT molecular complexity index is 676. The Hall–Kier alpha value is -1.55. The molecule has 1 saturated heterocycles. The molecule has 4 heteroatoms. The van der Waals surface area contributed by atoms with Crippen molar-refractivity contribution in [2.24, 2.45) is 17.8 Å². The molecule has 2 N–H and O–H groups in total. The zero-order valence-electron chi connectivity index (χ0n) is 14.9. The maximum atomic E-state index is 13.0. The number of aliphatic hydroxyl groups is 1. The minimum absolute atomic E-state index is 0.00237. The maximum absolute atomic E-state index is 13.0. The van der Waals surface area contributed by atoms with Crippen molar-refractivity contribution in [3.8, 4) is 0 Å². The number of rotatable bonds is 3. The summed E-state index contributed by atoms with van der Waals surface area (Å²) in [5.74, 6) is 1.83. The molecule has 4 unspecified atom stereocenters. The Morgan fingerprint density at radius 2 is 1.84 bits per heavy atom. The summed E-state index contributed by atoms with van der Waals surface area (Å²) in [7, 11) is 0. The molecule has 1 aromatic rings. The zero-order chi connectivity index (χ0) is 17.2. The smallest absolute Gasteiger partial charge is 0.318 e. The Labute approximate surface area is 149 Å². The van der Waals surface area contributed by atoms with Crippen LogP contribution in [-0.4, -0.2) is 34.2 Å². The van der Waals surface area contributed by atoms with E-state index in [2.05, 4.69) is 24.4 Å². The molecular formula is C21H28N2O2. The molecule has 4 saturated carbocycles. The number of amides is 2. The van der Waals surface area contributed by atoms with Crippen LogP contribution >= 0.6 is 0 Å². The van der Waals surface area contributed by atoms with Gasteiger partial charge < -0.3 is 15.3 Å². The van der Waals surface area contributed by atoms with Crippen LogP contribution in [0, 0.1) is 17.8 Å². The van der Waals surface area contributed by atoms with Crippen molar-refractivity contribution in [3.63, 3.8) is 0 Å². The van der Waals surface area contributed by atoms with Gasteiger partial charge in [-0.1, -0.05) is 37.3 Å². The number of benzene rings is 1. The lowest BCUT2D eigenvalue weighted by atomic mass is 9.51. The molecular weight excluding hydrogens is 312 g/mol. The zero-order valence-corrected chi connectivity index (χ0v) is 14.9. The van der Waals surface area contributed by atoms with Gasteiger partial charge in [0.1, 0.15) is 0 Å². The Balaban J connectivity index is 1.48. The third-order valence-corrected chi connectivity index (χ3v) is 7.53. The lowest BCUT2D eigenvalue weighted by Gasteiger charge is -2.60. The first-order chi connectivity index (χ1) is 12.0.